The number of hydrogen-bond donors (Lipinski definition) is 0. The lowest BCUT2D eigenvalue weighted by Crippen LogP contribution is -2.12. The number of aromatic nitrogens is 1. The van der Waals surface area contributed by atoms with E-state index in [2.05, 4.69) is 40.8 Å². The number of hydrogen-bond acceptors (Lipinski definition) is 4. The van der Waals surface area contributed by atoms with Crippen molar-refractivity contribution in [2.24, 2.45) is 7.05 Å². The summed E-state index contributed by atoms with van der Waals surface area (Å²) in [6, 6.07) is 21.6. The van der Waals surface area contributed by atoms with Crippen LogP contribution in [0.5, 0.6) is 0 Å². The van der Waals surface area contributed by atoms with Gasteiger partial charge in [0.05, 0.1) is 12.7 Å². The first kappa shape index (κ1) is 23.3. The second-order valence-corrected chi connectivity index (χ2v) is 10.00. The molecule has 33 heavy (non-hydrogen) atoms. The van der Waals surface area contributed by atoms with Gasteiger partial charge in [-0.05, 0) is 82.6 Å². The number of ether oxygens (including phenoxy) is 1. The molecule has 0 fully saturated rings. The zero-order valence-electron chi connectivity index (χ0n) is 18.5. The Morgan fingerprint density at radius 1 is 0.939 bits per heavy atom. The molecule has 4 rings (SSSR count). The molecule has 0 saturated carbocycles. The van der Waals surface area contributed by atoms with Crippen molar-refractivity contribution in [3.05, 3.63) is 104 Å². The molecule has 0 spiro atoms. The van der Waals surface area contributed by atoms with Crippen LogP contribution in [0, 0.1) is 10.5 Å². The maximum Gasteiger partial charge on any atom is 0.337 e. The minimum absolute atomic E-state index is 0.0778. The van der Waals surface area contributed by atoms with E-state index < -0.39 is 5.97 Å². The lowest BCUT2D eigenvalue weighted by molar-refractivity contribution is 0.0600. The number of carbonyl (C=O) groups is 1. The Kier molecular flexibility index (Phi) is 7.05. The van der Waals surface area contributed by atoms with E-state index in [1.807, 2.05) is 61.1 Å². The predicted molar refractivity (Wildman–Crippen MR) is 142 cm³/mol. The van der Waals surface area contributed by atoms with Gasteiger partial charge in [-0.2, -0.15) is 0 Å². The molecule has 0 atom stereocenters. The number of esters is 1. The Bertz CT molecular complexity index is 1410. The molecule has 0 aliphatic rings. The Hall–Kier alpha value is -2.84. The number of benzene rings is 3. The molecule has 0 radical (unpaired) electrons. The molecule has 0 amide bonds. The molecule has 0 N–H and O–H groups in total. The summed E-state index contributed by atoms with van der Waals surface area (Å²) in [6.45, 7) is 1.90. The van der Waals surface area contributed by atoms with Gasteiger partial charge >= 0.3 is 5.97 Å². The van der Waals surface area contributed by atoms with Gasteiger partial charge in [-0.15, -0.1) is 0 Å². The summed E-state index contributed by atoms with van der Waals surface area (Å²) in [5.41, 5.74) is 3.94. The summed E-state index contributed by atoms with van der Waals surface area (Å²) in [5.74, 6) is -0.423. The molecule has 0 saturated heterocycles. The van der Waals surface area contributed by atoms with Gasteiger partial charge in [-0.3, -0.25) is 4.79 Å². The molecule has 4 nitrogen and oxygen atoms in total. The van der Waals surface area contributed by atoms with Crippen LogP contribution in [0.2, 0.25) is 0 Å². The van der Waals surface area contributed by atoms with E-state index >= 15 is 0 Å². The standard InChI is InChI=1S/C27H22INO3S/c1-17-11-19(13-20(12-17)27(31)32-3)23-16-29(2)15-22(26(23)30)18-7-6-8-21(14-18)33-25-10-5-4-9-24(25)28/h4-16H,1-3H3. The fourth-order valence-electron chi connectivity index (χ4n) is 3.67. The van der Waals surface area contributed by atoms with Gasteiger partial charge in [0, 0.05) is 43.9 Å². The third-order valence-corrected chi connectivity index (χ3v) is 7.55. The smallest absolute Gasteiger partial charge is 0.337 e. The van der Waals surface area contributed by atoms with E-state index in [1.54, 1.807) is 30.1 Å². The van der Waals surface area contributed by atoms with Crippen LogP contribution in [0.4, 0.5) is 0 Å². The molecule has 166 valence electrons. The largest absolute Gasteiger partial charge is 0.465 e. The topological polar surface area (TPSA) is 48.3 Å². The monoisotopic (exact) mass is 567 g/mol. The Morgan fingerprint density at radius 2 is 1.67 bits per heavy atom. The molecule has 1 heterocycles. The molecular weight excluding hydrogens is 545 g/mol. The van der Waals surface area contributed by atoms with Crippen LogP contribution in [-0.2, 0) is 11.8 Å². The maximum atomic E-state index is 13.6. The molecule has 0 aliphatic carbocycles. The fraction of sp³-hybridized carbons (Fsp3) is 0.111. The number of halogens is 1. The van der Waals surface area contributed by atoms with Crippen molar-refractivity contribution in [2.75, 3.05) is 7.11 Å². The van der Waals surface area contributed by atoms with Gasteiger partial charge in [0.25, 0.3) is 0 Å². The molecule has 4 aromatic rings. The number of aryl methyl sites for hydroxylation is 2. The molecule has 3 aromatic carbocycles. The summed E-state index contributed by atoms with van der Waals surface area (Å²) in [7, 11) is 3.25. The lowest BCUT2D eigenvalue weighted by Gasteiger charge is -2.12. The van der Waals surface area contributed by atoms with Crippen LogP contribution in [-0.4, -0.2) is 17.6 Å². The van der Waals surface area contributed by atoms with Crippen LogP contribution in [0.25, 0.3) is 22.3 Å². The van der Waals surface area contributed by atoms with Gasteiger partial charge < -0.3 is 9.30 Å². The van der Waals surface area contributed by atoms with Gasteiger partial charge in [0.1, 0.15) is 0 Å². The van der Waals surface area contributed by atoms with Crippen LogP contribution in [0.3, 0.4) is 0 Å². The molecule has 0 unspecified atom stereocenters. The number of nitrogens with zero attached hydrogens (tertiary/aromatic N) is 1. The molecular formula is C27H22INO3S. The van der Waals surface area contributed by atoms with Gasteiger partial charge in [0.2, 0.25) is 0 Å². The summed E-state index contributed by atoms with van der Waals surface area (Å²) in [4.78, 5) is 27.9. The average molecular weight is 567 g/mol. The Balaban J connectivity index is 1.79. The average Bonchev–Trinajstić information content (AvgIpc) is 2.81. The first-order chi connectivity index (χ1) is 15.9. The summed E-state index contributed by atoms with van der Waals surface area (Å²) in [5, 5.41) is 0. The summed E-state index contributed by atoms with van der Waals surface area (Å²) >= 11 is 4.01. The normalized spacial score (nSPS) is 10.8. The van der Waals surface area contributed by atoms with Crippen molar-refractivity contribution in [3.8, 4) is 22.3 Å². The fourth-order valence-corrected chi connectivity index (χ4v) is 5.29. The van der Waals surface area contributed by atoms with Crippen molar-refractivity contribution in [3.63, 3.8) is 0 Å². The minimum atomic E-state index is -0.423. The van der Waals surface area contributed by atoms with Crippen LogP contribution < -0.4 is 5.43 Å². The van der Waals surface area contributed by atoms with Crippen molar-refractivity contribution in [1.29, 1.82) is 0 Å². The van der Waals surface area contributed by atoms with E-state index in [0.717, 1.165) is 16.0 Å². The molecule has 0 bridgehead atoms. The van der Waals surface area contributed by atoms with Crippen LogP contribution >= 0.6 is 34.4 Å². The van der Waals surface area contributed by atoms with Gasteiger partial charge in [0.15, 0.2) is 5.43 Å². The van der Waals surface area contributed by atoms with Gasteiger partial charge in [-0.25, -0.2) is 4.79 Å². The predicted octanol–water partition coefficient (Wildman–Crippen LogP) is 6.57. The second kappa shape index (κ2) is 9.97. The number of carbonyl (C=O) groups excluding carboxylic acids is 1. The number of methoxy groups -OCH3 is 1. The van der Waals surface area contributed by atoms with Crippen molar-refractivity contribution in [2.45, 2.75) is 16.7 Å². The lowest BCUT2D eigenvalue weighted by atomic mass is 9.98. The minimum Gasteiger partial charge on any atom is -0.465 e. The Morgan fingerprint density at radius 3 is 2.39 bits per heavy atom. The van der Waals surface area contributed by atoms with Crippen LogP contribution in [0.1, 0.15) is 15.9 Å². The quantitative estimate of drug-likeness (QED) is 0.202. The maximum absolute atomic E-state index is 13.6. The third-order valence-electron chi connectivity index (χ3n) is 5.17. The highest BCUT2D eigenvalue weighted by atomic mass is 127. The van der Waals surface area contributed by atoms with Crippen molar-refractivity contribution in [1.82, 2.24) is 4.57 Å². The van der Waals surface area contributed by atoms with Crippen LogP contribution in [0.15, 0.2) is 93.7 Å². The first-order valence-electron chi connectivity index (χ1n) is 10.3. The van der Waals surface area contributed by atoms with E-state index in [4.69, 9.17) is 4.74 Å². The van der Waals surface area contributed by atoms with E-state index in [1.165, 1.54) is 15.6 Å². The highest BCUT2D eigenvalue weighted by Crippen LogP contribution is 2.33. The molecule has 1 aromatic heterocycles. The van der Waals surface area contributed by atoms with Crippen molar-refractivity contribution < 1.29 is 9.53 Å². The highest BCUT2D eigenvalue weighted by Gasteiger charge is 2.15. The summed E-state index contributed by atoms with van der Waals surface area (Å²) in [6.07, 6.45) is 3.64. The Labute approximate surface area is 210 Å². The molecule has 0 aliphatic heterocycles. The van der Waals surface area contributed by atoms with E-state index in [0.29, 0.717) is 22.3 Å². The summed E-state index contributed by atoms with van der Waals surface area (Å²) < 4.78 is 7.94. The zero-order chi connectivity index (χ0) is 23.5. The third kappa shape index (κ3) is 5.23. The van der Waals surface area contributed by atoms with E-state index in [9.17, 15) is 9.59 Å². The number of pyridine rings is 1. The van der Waals surface area contributed by atoms with Gasteiger partial charge in [-0.1, -0.05) is 42.1 Å². The highest BCUT2D eigenvalue weighted by molar-refractivity contribution is 14.1. The SMILES string of the molecule is COC(=O)c1cc(C)cc(-c2cn(C)cc(-c3cccc(Sc4ccccc4I)c3)c2=O)c1. The van der Waals surface area contributed by atoms with Crippen molar-refractivity contribution >= 4 is 40.3 Å². The first-order valence-corrected chi connectivity index (χ1v) is 12.2. The van der Waals surface area contributed by atoms with E-state index in [-0.39, 0.29) is 5.43 Å². The molecule has 6 heteroatoms. The number of rotatable bonds is 5. The zero-order valence-corrected chi connectivity index (χ0v) is 21.4. The second-order valence-electron chi connectivity index (χ2n) is 7.72.